The van der Waals surface area contributed by atoms with Crippen molar-refractivity contribution in [1.82, 2.24) is 19.9 Å². The third kappa shape index (κ3) is 4.55. The molecule has 1 amide bonds. The first-order valence-corrected chi connectivity index (χ1v) is 10.1. The van der Waals surface area contributed by atoms with Gasteiger partial charge in [-0.15, -0.1) is 11.3 Å². The molecular weight excluding hydrogens is 352 g/mol. The topological polar surface area (TPSA) is 59.8 Å². The van der Waals surface area contributed by atoms with Gasteiger partial charge in [0, 0.05) is 42.4 Å². The largest absolute Gasteiger partial charge is 0.346 e. The van der Waals surface area contributed by atoms with Crippen LogP contribution in [-0.2, 0) is 11.2 Å². The zero-order valence-electron chi connectivity index (χ0n) is 14.6. The van der Waals surface area contributed by atoms with Gasteiger partial charge in [0.15, 0.2) is 0 Å². The highest BCUT2D eigenvalue weighted by atomic mass is 32.1. The van der Waals surface area contributed by atoms with E-state index < -0.39 is 0 Å². The number of aryl methyl sites for hydroxylation is 2. The molecule has 1 N–H and O–H groups in total. The van der Waals surface area contributed by atoms with Crippen molar-refractivity contribution in [2.75, 3.05) is 0 Å². The molecule has 5 nitrogen and oxygen atoms in total. The molecule has 0 aliphatic carbocycles. The van der Waals surface area contributed by atoms with Crippen molar-refractivity contribution < 1.29 is 4.79 Å². The molecule has 0 radical (unpaired) electrons. The summed E-state index contributed by atoms with van der Waals surface area (Å²) in [5.74, 6) is 0.958. The van der Waals surface area contributed by atoms with E-state index in [0.717, 1.165) is 22.9 Å². The fraction of sp³-hybridized carbons (Fsp3) is 0.389. The molecular formula is C18H22N4OS2. The van der Waals surface area contributed by atoms with E-state index in [4.69, 9.17) is 0 Å². The highest BCUT2D eigenvalue weighted by molar-refractivity contribution is 7.09. The Balaban J connectivity index is 1.68. The van der Waals surface area contributed by atoms with Crippen molar-refractivity contribution in [2.45, 2.75) is 45.7 Å². The number of hydrogen-bond donors (Lipinski definition) is 1. The lowest BCUT2D eigenvalue weighted by Gasteiger charge is -2.19. The van der Waals surface area contributed by atoms with Crippen LogP contribution in [-0.4, -0.2) is 20.4 Å². The summed E-state index contributed by atoms with van der Waals surface area (Å²) in [6, 6.07) is 2.08. The van der Waals surface area contributed by atoms with Crippen LogP contribution in [0.1, 0.15) is 47.5 Å². The first-order valence-electron chi connectivity index (χ1n) is 8.25. The van der Waals surface area contributed by atoms with Crippen LogP contribution in [0.2, 0.25) is 0 Å². The monoisotopic (exact) mass is 374 g/mol. The van der Waals surface area contributed by atoms with Gasteiger partial charge in [0.05, 0.1) is 6.04 Å². The Bertz CT molecular complexity index is 822. The molecule has 0 aliphatic rings. The average molecular weight is 375 g/mol. The van der Waals surface area contributed by atoms with Crippen LogP contribution in [0.15, 0.2) is 34.6 Å². The summed E-state index contributed by atoms with van der Waals surface area (Å²) in [6.07, 6.45) is 4.87. The molecule has 3 aromatic rings. The molecule has 0 bridgehead atoms. The van der Waals surface area contributed by atoms with Crippen molar-refractivity contribution in [1.29, 1.82) is 0 Å². The van der Waals surface area contributed by atoms with Crippen molar-refractivity contribution in [3.05, 3.63) is 56.7 Å². The van der Waals surface area contributed by atoms with Gasteiger partial charge in [-0.3, -0.25) is 4.79 Å². The van der Waals surface area contributed by atoms with Gasteiger partial charge in [0.25, 0.3) is 0 Å². The molecule has 3 rings (SSSR count). The van der Waals surface area contributed by atoms with Crippen LogP contribution in [0.25, 0.3) is 0 Å². The first-order chi connectivity index (χ1) is 12.0. The summed E-state index contributed by atoms with van der Waals surface area (Å²) in [7, 11) is 0. The maximum absolute atomic E-state index is 12.6. The van der Waals surface area contributed by atoms with Gasteiger partial charge in [-0.25, -0.2) is 9.97 Å². The minimum Gasteiger partial charge on any atom is -0.346 e. The van der Waals surface area contributed by atoms with Crippen molar-refractivity contribution >= 4 is 28.6 Å². The number of nitrogens with one attached hydrogen (secondary N) is 1. The molecule has 0 spiro atoms. The lowest BCUT2D eigenvalue weighted by molar-refractivity contribution is -0.122. The fourth-order valence-corrected chi connectivity index (χ4v) is 4.38. The number of carbonyl (C=O) groups excluding carboxylic acids is 1. The average Bonchev–Trinajstić information content (AvgIpc) is 3.28. The third-order valence-corrected chi connectivity index (χ3v) is 5.92. The molecule has 25 heavy (non-hydrogen) atoms. The molecule has 0 aromatic carbocycles. The van der Waals surface area contributed by atoms with Crippen LogP contribution in [0.4, 0.5) is 0 Å². The van der Waals surface area contributed by atoms with Crippen LogP contribution >= 0.6 is 22.7 Å². The van der Waals surface area contributed by atoms with E-state index in [1.807, 2.05) is 36.9 Å². The van der Waals surface area contributed by atoms with E-state index in [9.17, 15) is 4.79 Å². The molecule has 0 saturated heterocycles. The molecule has 0 unspecified atom stereocenters. The molecule has 0 aliphatic heterocycles. The maximum atomic E-state index is 12.6. The van der Waals surface area contributed by atoms with Crippen LogP contribution in [0, 0.1) is 13.8 Å². The van der Waals surface area contributed by atoms with E-state index in [1.165, 1.54) is 5.56 Å². The molecule has 0 saturated carbocycles. The lowest BCUT2D eigenvalue weighted by atomic mass is 10.1. The van der Waals surface area contributed by atoms with Crippen LogP contribution < -0.4 is 5.32 Å². The number of nitrogens with zero attached hydrogens (tertiary/aromatic N) is 3. The summed E-state index contributed by atoms with van der Waals surface area (Å²) in [5, 5.41) is 10.3. The van der Waals surface area contributed by atoms with Gasteiger partial charge >= 0.3 is 0 Å². The van der Waals surface area contributed by atoms with Gasteiger partial charge in [-0.1, -0.05) is 0 Å². The smallest absolute Gasteiger partial charge is 0.222 e. The summed E-state index contributed by atoms with van der Waals surface area (Å²) in [4.78, 5) is 21.4. The molecule has 3 aromatic heterocycles. The van der Waals surface area contributed by atoms with E-state index in [0.29, 0.717) is 6.42 Å². The number of rotatable bonds is 7. The number of thiazole rings is 1. The van der Waals surface area contributed by atoms with Crippen molar-refractivity contribution in [3.8, 4) is 0 Å². The highest BCUT2D eigenvalue weighted by Gasteiger charge is 2.20. The van der Waals surface area contributed by atoms with Crippen molar-refractivity contribution in [3.63, 3.8) is 0 Å². The Hall–Kier alpha value is -1.99. The fourth-order valence-electron chi connectivity index (χ4n) is 2.85. The van der Waals surface area contributed by atoms with Crippen LogP contribution in [0.5, 0.6) is 0 Å². The normalized spacial score (nSPS) is 13.6. The predicted molar refractivity (Wildman–Crippen MR) is 102 cm³/mol. The lowest BCUT2D eigenvalue weighted by Crippen LogP contribution is -2.31. The second-order valence-electron chi connectivity index (χ2n) is 6.22. The number of aromatic nitrogens is 3. The third-order valence-electron chi connectivity index (χ3n) is 4.11. The zero-order valence-corrected chi connectivity index (χ0v) is 16.2. The van der Waals surface area contributed by atoms with E-state index >= 15 is 0 Å². The minimum absolute atomic E-state index is 0.0358. The zero-order chi connectivity index (χ0) is 17.8. The number of hydrogen-bond acceptors (Lipinski definition) is 5. The summed E-state index contributed by atoms with van der Waals surface area (Å²) in [5.41, 5.74) is 2.22. The van der Waals surface area contributed by atoms with Gasteiger partial charge in [0.1, 0.15) is 10.8 Å². The molecule has 2 atom stereocenters. The van der Waals surface area contributed by atoms with Gasteiger partial charge in [0.2, 0.25) is 5.91 Å². The molecule has 3 heterocycles. The van der Waals surface area contributed by atoms with Gasteiger partial charge in [-0.05, 0) is 43.2 Å². The number of thiophene rings is 1. The number of carbonyl (C=O) groups is 1. The van der Waals surface area contributed by atoms with E-state index in [-0.39, 0.29) is 18.0 Å². The predicted octanol–water partition coefficient (Wildman–Crippen LogP) is 4.07. The quantitative estimate of drug-likeness (QED) is 0.678. The van der Waals surface area contributed by atoms with Gasteiger partial charge in [-0.2, -0.15) is 11.3 Å². The minimum atomic E-state index is -0.0862. The van der Waals surface area contributed by atoms with Crippen LogP contribution in [0.3, 0.4) is 0 Å². The second kappa shape index (κ2) is 7.93. The Morgan fingerprint density at radius 3 is 2.80 bits per heavy atom. The summed E-state index contributed by atoms with van der Waals surface area (Å²) >= 11 is 3.27. The van der Waals surface area contributed by atoms with E-state index in [1.54, 1.807) is 28.9 Å². The maximum Gasteiger partial charge on any atom is 0.222 e. The Morgan fingerprint density at radius 2 is 2.20 bits per heavy atom. The Morgan fingerprint density at radius 1 is 1.36 bits per heavy atom. The summed E-state index contributed by atoms with van der Waals surface area (Å²) < 4.78 is 2.03. The summed E-state index contributed by atoms with van der Waals surface area (Å²) in [6.45, 7) is 5.97. The number of imidazole rings is 1. The van der Waals surface area contributed by atoms with Gasteiger partial charge < -0.3 is 9.88 Å². The Kier molecular flexibility index (Phi) is 5.65. The Labute approximate surface area is 155 Å². The number of amides is 1. The van der Waals surface area contributed by atoms with Crippen molar-refractivity contribution in [2.24, 2.45) is 0 Å². The molecule has 0 fully saturated rings. The first kappa shape index (κ1) is 17.8. The van der Waals surface area contributed by atoms with E-state index in [2.05, 4.69) is 32.1 Å². The SMILES string of the molecule is Cc1csc([C@H](Cc2ccsc2)NC(=O)C[C@@H](C)n2ccnc2C)n1. The second-order valence-corrected chi connectivity index (χ2v) is 7.89. The standard InChI is InChI=1S/C18H22N4OS2/c1-12-10-25-18(20-12)16(9-15-4-7-24-11-15)21-17(23)8-13(2)22-6-5-19-14(22)3/h4-7,10-11,13,16H,8-9H2,1-3H3,(H,21,23)/t13-,16+/m1/s1. The molecule has 132 valence electrons. The highest BCUT2D eigenvalue weighted by Crippen LogP contribution is 2.24. The molecule has 7 heteroatoms.